The Bertz CT molecular complexity index is 263. The van der Waals surface area contributed by atoms with Crippen LogP contribution in [0.2, 0.25) is 0 Å². The van der Waals surface area contributed by atoms with Crippen LogP contribution >= 0.6 is 48.6 Å². The normalized spacial score (nSPS) is 8.00. The molecule has 5 nitrogen and oxygen atoms in total. The van der Waals surface area contributed by atoms with Gasteiger partial charge in [0.1, 0.15) is 5.01 Å². The molecule has 0 atom stereocenters. The van der Waals surface area contributed by atoms with Gasteiger partial charge in [0.15, 0.2) is 5.96 Å². The molecular weight excluding hydrogens is 293 g/mol. The summed E-state index contributed by atoms with van der Waals surface area (Å²) in [4.78, 5) is 7.96. The van der Waals surface area contributed by atoms with Crippen LogP contribution in [0, 0.1) is 0 Å². The molecule has 0 aliphatic carbocycles. The van der Waals surface area contributed by atoms with Crippen LogP contribution in [0.4, 0.5) is 0 Å². The number of nitrogens with zero attached hydrogens (tertiary/aromatic N) is 2. The molecule has 9 heteroatoms. The third kappa shape index (κ3) is 10.3. The molecule has 0 aliphatic heterocycles. The number of hydrogen-bond acceptors (Lipinski definition) is 4. The van der Waals surface area contributed by atoms with Crippen molar-refractivity contribution in [1.82, 2.24) is 10.3 Å². The van der Waals surface area contributed by atoms with E-state index in [2.05, 4.69) is 15.3 Å². The molecule has 1 aromatic heterocycles. The van der Waals surface area contributed by atoms with Crippen LogP contribution in [0.5, 0.6) is 0 Å². The number of rotatable bonds is 5. The average Bonchev–Trinajstić information content (AvgIpc) is 2.55. The van der Waals surface area contributed by atoms with Crippen molar-refractivity contribution in [2.24, 2.45) is 16.5 Å². The number of halogens is 3. The van der Waals surface area contributed by atoms with Crippen LogP contribution < -0.4 is 16.8 Å². The summed E-state index contributed by atoms with van der Waals surface area (Å²) in [6.45, 7) is 2.14. The van der Waals surface area contributed by atoms with Crippen LogP contribution in [-0.4, -0.2) is 24.0 Å². The lowest BCUT2D eigenvalue weighted by atomic mass is 10.6. The lowest BCUT2D eigenvalue weighted by Gasteiger charge is -1.98. The van der Waals surface area contributed by atoms with Gasteiger partial charge in [0, 0.05) is 24.7 Å². The molecule has 0 saturated heterocycles. The summed E-state index contributed by atoms with van der Waals surface area (Å²) in [7, 11) is 0. The Kier molecular flexibility index (Phi) is 16.8. The van der Waals surface area contributed by atoms with E-state index in [-0.39, 0.29) is 43.2 Å². The maximum atomic E-state index is 5.16. The summed E-state index contributed by atoms with van der Waals surface area (Å²) in [6.07, 6.45) is 1.79. The predicted octanol–water partition coefficient (Wildman–Crippen LogP) is 0.771. The Labute approximate surface area is 117 Å². The van der Waals surface area contributed by atoms with E-state index in [1.165, 1.54) is 0 Å². The molecule has 5 N–H and O–H groups in total. The minimum Gasteiger partial charge on any atom is -0.370 e. The molecule has 0 saturated carbocycles. The Morgan fingerprint density at radius 2 is 2.06 bits per heavy atom. The Morgan fingerprint density at radius 1 is 1.38 bits per heavy atom. The Morgan fingerprint density at radius 3 is 2.56 bits per heavy atom. The molecule has 0 unspecified atom stereocenters. The molecule has 96 valence electrons. The fraction of sp³-hybridized carbons (Fsp3) is 0.429. The Hall–Kier alpha value is -0.270. The van der Waals surface area contributed by atoms with Gasteiger partial charge in [0.2, 0.25) is 0 Å². The highest BCUT2D eigenvalue weighted by molar-refractivity contribution is 7.09. The number of nitrogens with two attached hydrogens (primary N) is 2. The van der Waals surface area contributed by atoms with Gasteiger partial charge in [-0.25, -0.2) is 4.98 Å². The number of thiazole rings is 1. The highest BCUT2D eigenvalue weighted by Gasteiger charge is 1.92. The monoisotopic (exact) mass is 307 g/mol. The largest absolute Gasteiger partial charge is 0.370 e. The van der Waals surface area contributed by atoms with Gasteiger partial charge < -0.3 is 16.8 Å². The van der Waals surface area contributed by atoms with Gasteiger partial charge in [-0.3, -0.25) is 4.99 Å². The topological polar surface area (TPSA) is 89.3 Å². The van der Waals surface area contributed by atoms with Gasteiger partial charge in [-0.15, -0.1) is 48.6 Å². The van der Waals surface area contributed by atoms with Crippen LogP contribution in [-0.2, 0) is 6.54 Å². The Balaban J connectivity index is -0.000000563. The van der Waals surface area contributed by atoms with Crippen LogP contribution in [0.25, 0.3) is 0 Å². The summed E-state index contributed by atoms with van der Waals surface area (Å²) >= 11 is 1.63. The fourth-order valence-corrected chi connectivity index (χ4v) is 1.39. The van der Waals surface area contributed by atoms with E-state index >= 15 is 0 Å². The van der Waals surface area contributed by atoms with Gasteiger partial charge in [-0.2, -0.15) is 0 Å². The minimum absolute atomic E-state index is 0. The van der Waals surface area contributed by atoms with Crippen molar-refractivity contribution in [2.75, 3.05) is 13.1 Å². The standard InChI is InChI=1S/C7H13N5S.3ClH/c8-7(9)12-2-1-10-5-6-11-3-4-13-6;;;/h3-4,10H,1-2,5H2,(H4,8,9,12);3*1H. The summed E-state index contributed by atoms with van der Waals surface area (Å²) in [5.74, 6) is 0.135. The quantitative estimate of drug-likeness (QED) is 0.426. The van der Waals surface area contributed by atoms with Gasteiger partial charge in [-0.1, -0.05) is 0 Å². The molecular formula is C7H16Cl3N5S. The first kappa shape index (κ1) is 21.1. The zero-order valence-electron chi connectivity index (χ0n) is 8.46. The van der Waals surface area contributed by atoms with E-state index < -0.39 is 0 Å². The molecule has 1 rings (SSSR count). The summed E-state index contributed by atoms with van der Waals surface area (Å²) in [5.41, 5.74) is 10.3. The highest BCUT2D eigenvalue weighted by Crippen LogP contribution is 2.01. The second-order valence-electron chi connectivity index (χ2n) is 2.41. The first-order chi connectivity index (χ1) is 6.29. The molecule has 0 aromatic carbocycles. The van der Waals surface area contributed by atoms with Gasteiger partial charge in [0.25, 0.3) is 0 Å². The van der Waals surface area contributed by atoms with Gasteiger partial charge in [-0.05, 0) is 0 Å². The smallest absolute Gasteiger partial charge is 0.185 e. The van der Waals surface area contributed by atoms with Crippen molar-refractivity contribution < 1.29 is 0 Å². The van der Waals surface area contributed by atoms with Crippen molar-refractivity contribution in [2.45, 2.75) is 6.54 Å². The third-order valence-corrected chi connectivity index (χ3v) is 2.12. The molecule has 0 bridgehead atoms. The molecule has 0 amide bonds. The number of aromatic nitrogens is 1. The zero-order chi connectivity index (χ0) is 9.52. The molecule has 0 spiro atoms. The first-order valence-corrected chi connectivity index (χ1v) is 4.81. The van der Waals surface area contributed by atoms with E-state index in [0.717, 1.165) is 18.1 Å². The molecule has 0 fully saturated rings. The van der Waals surface area contributed by atoms with Crippen LogP contribution in [0.15, 0.2) is 16.6 Å². The van der Waals surface area contributed by atoms with Crippen LogP contribution in [0.3, 0.4) is 0 Å². The van der Waals surface area contributed by atoms with Crippen molar-refractivity contribution >= 4 is 54.5 Å². The zero-order valence-corrected chi connectivity index (χ0v) is 11.7. The average molecular weight is 309 g/mol. The van der Waals surface area contributed by atoms with E-state index in [9.17, 15) is 0 Å². The number of aliphatic imine (C=N–C) groups is 1. The lowest BCUT2D eigenvalue weighted by Crippen LogP contribution is -2.25. The summed E-state index contributed by atoms with van der Waals surface area (Å²) in [6, 6.07) is 0. The number of nitrogens with one attached hydrogen (secondary N) is 1. The second kappa shape index (κ2) is 12.8. The van der Waals surface area contributed by atoms with E-state index in [1.807, 2.05) is 5.38 Å². The lowest BCUT2D eigenvalue weighted by molar-refractivity contribution is 0.692. The SMILES string of the molecule is Cl.Cl.Cl.NC(N)=NCCNCc1nccs1. The van der Waals surface area contributed by atoms with E-state index in [1.54, 1.807) is 17.5 Å². The molecule has 1 aromatic rings. The van der Waals surface area contributed by atoms with E-state index in [0.29, 0.717) is 6.54 Å². The van der Waals surface area contributed by atoms with Gasteiger partial charge in [0.05, 0.1) is 6.54 Å². The molecule has 16 heavy (non-hydrogen) atoms. The third-order valence-electron chi connectivity index (χ3n) is 1.34. The van der Waals surface area contributed by atoms with Crippen molar-refractivity contribution in [3.63, 3.8) is 0 Å². The summed E-state index contributed by atoms with van der Waals surface area (Å²) < 4.78 is 0. The summed E-state index contributed by atoms with van der Waals surface area (Å²) in [5, 5.41) is 6.20. The maximum absolute atomic E-state index is 5.16. The maximum Gasteiger partial charge on any atom is 0.185 e. The molecule has 0 radical (unpaired) electrons. The molecule has 0 aliphatic rings. The van der Waals surface area contributed by atoms with Crippen molar-refractivity contribution in [3.8, 4) is 0 Å². The number of hydrogen-bond donors (Lipinski definition) is 3. The van der Waals surface area contributed by atoms with E-state index in [4.69, 9.17) is 11.5 Å². The fourth-order valence-electron chi connectivity index (χ4n) is 0.800. The minimum atomic E-state index is 0. The van der Waals surface area contributed by atoms with Crippen molar-refractivity contribution in [3.05, 3.63) is 16.6 Å². The van der Waals surface area contributed by atoms with Gasteiger partial charge >= 0.3 is 0 Å². The molecule has 1 heterocycles. The van der Waals surface area contributed by atoms with Crippen LogP contribution in [0.1, 0.15) is 5.01 Å². The predicted molar refractivity (Wildman–Crippen MR) is 76.2 cm³/mol. The second-order valence-corrected chi connectivity index (χ2v) is 3.39. The highest BCUT2D eigenvalue weighted by atomic mass is 35.5. The van der Waals surface area contributed by atoms with Crippen molar-refractivity contribution in [1.29, 1.82) is 0 Å². The first-order valence-electron chi connectivity index (χ1n) is 3.93. The number of guanidine groups is 1.